The minimum atomic E-state index is -1.23. The largest absolute Gasteiger partial charge is 0.554 e. The highest BCUT2D eigenvalue weighted by molar-refractivity contribution is 5.76. The SMILES string of the molecule is C=CC(=O)[O-].O=C[O-].OCCO. The van der Waals surface area contributed by atoms with Gasteiger partial charge in [-0.1, -0.05) is 6.58 Å². The van der Waals surface area contributed by atoms with Crippen LogP contribution in [0.5, 0.6) is 0 Å². The first-order valence-electron chi connectivity index (χ1n) is 2.71. The van der Waals surface area contributed by atoms with Crippen LogP contribution in [0.2, 0.25) is 0 Å². The lowest BCUT2D eigenvalue weighted by Gasteiger charge is -1.81. The van der Waals surface area contributed by atoms with E-state index in [9.17, 15) is 0 Å². The van der Waals surface area contributed by atoms with E-state index in [1.165, 1.54) is 0 Å². The van der Waals surface area contributed by atoms with Crippen LogP contribution in [0.4, 0.5) is 0 Å². The fourth-order valence-electron chi connectivity index (χ4n) is 0. The van der Waals surface area contributed by atoms with Gasteiger partial charge in [0.2, 0.25) is 0 Å². The number of carboxylic acid groups (broad SMARTS) is 2. The highest BCUT2D eigenvalue weighted by Crippen LogP contribution is 1.47. The molecule has 0 aromatic rings. The maximum atomic E-state index is 9.14. The summed E-state index contributed by atoms with van der Waals surface area (Å²) in [4.78, 5) is 17.4. The summed E-state index contributed by atoms with van der Waals surface area (Å²) in [6.45, 7) is 2.15. The average Bonchev–Trinajstić information content (AvgIpc) is 2.06. The molecule has 0 amide bonds. The summed E-state index contributed by atoms with van der Waals surface area (Å²) < 4.78 is 0. The Kier molecular flexibility index (Phi) is 31.9. The van der Waals surface area contributed by atoms with E-state index in [1.54, 1.807) is 0 Å². The molecule has 0 aromatic carbocycles. The topological polar surface area (TPSA) is 121 Å². The van der Waals surface area contributed by atoms with Crippen molar-refractivity contribution in [2.75, 3.05) is 13.2 Å². The van der Waals surface area contributed by atoms with Gasteiger partial charge < -0.3 is 30.0 Å². The van der Waals surface area contributed by atoms with Gasteiger partial charge in [0, 0.05) is 6.47 Å². The molecule has 0 aliphatic rings. The van der Waals surface area contributed by atoms with E-state index in [1.807, 2.05) is 0 Å². The van der Waals surface area contributed by atoms with E-state index in [-0.39, 0.29) is 13.2 Å². The Bertz CT molecular complexity index is 109. The summed E-state index contributed by atoms with van der Waals surface area (Å²) in [5.41, 5.74) is 0. The Morgan fingerprint density at radius 2 is 1.58 bits per heavy atom. The molecule has 0 radical (unpaired) electrons. The fourth-order valence-corrected chi connectivity index (χ4v) is 0. The van der Waals surface area contributed by atoms with Crippen molar-refractivity contribution < 1.29 is 30.0 Å². The third kappa shape index (κ3) is 194. The van der Waals surface area contributed by atoms with Crippen LogP contribution in [0.25, 0.3) is 0 Å². The summed E-state index contributed by atoms with van der Waals surface area (Å²) in [6.07, 6.45) is 0.722. The van der Waals surface area contributed by atoms with Gasteiger partial charge in [0.15, 0.2) is 0 Å². The third-order valence-electron chi connectivity index (χ3n) is 0.267. The van der Waals surface area contributed by atoms with E-state index in [2.05, 4.69) is 6.58 Å². The van der Waals surface area contributed by atoms with Crippen LogP contribution in [0, 0.1) is 0 Å². The van der Waals surface area contributed by atoms with Crippen molar-refractivity contribution in [3.63, 3.8) is 0 Å². The Hall–Kier alpha value is -1.40. The van der Waals surface area contributed by atoms with Crippen LogP contribution in [0.1, 0.15) is 0 Å². The molecule has 0 aliphatic heterocycles. The minimum absolute atomic E-state index is 0.125. The predicted molar refractivity (Wildman–Crippen MR) is 35.4 cm³/mol. The third-order valence-corrected chi connectivity index (χ3v) is 0.267. The molecule has 0 heterocycles. The minimum Gasteiger partial charge on any atom is -0.554 e. The monoisotopic (exact) mass is 178 g/mol. The van der Waals surface area contributed by atoms with Crippen molar-refractivity contribution in [2.45, 2.75) is 0 Å². The van der Waals surface area contributed by atoms with Crippen LogP contribution in [-0.4, -0.2) is 35.9 Å². The number of carbonyl (C=O) groups excluding carboxylic acids is 2. The van der Waals surface area contributed by atoms with E-state index in [4.69, 9.17) is 30.0 Å². The van der Waals surface area contributed by atoms with Crippen LogP contribution in [-0.2, 0) is 9.59 Å². The molecule has 2 N–H and O–H groups in total. The van der Waals surface area contributed by atoms with Gasteiger partial charge in [0.1, 0.15) is 0 Å². The fraction of sp³-hybridized carbons (Fsp3) is 0.333. The lowest BCUT2D eigenvalue weighted by molar-refractivity contribution is -0.297. The van der Waals surface area contributed by atoms with E-state index in [0.29, 0.717) is 0 Å². The molecule has 72 valence electrons. The zero-order valence-corrected chi connectivity index (χ0v) is 6.30. The Labute approximate surface area is 69.4 Å². The van der Waals surface area contributed by atoms with Crippen LogP contribution < -0.4 is 10.2 Å². The Morgan fingerprint density at radius 3 is 1.58 bits per heavy atom. The molecule has 12 heavy (non-hydrogen) atoms. The Morgan fingerprint density at radius 1 is 1.42 bits per heavy atom. The van der Waals surface area contributed by atoms with E-state index in [0.717, 1.165) is 6.08 Å². The van der Waals surface area contributed by atoms with Gasteiger partial charge in [-0.05, 0) is 6.08 Å². The molecule has 0 atom stereocenters. The summed E-state index contributed by atoms with van der Waals surface area (Å²) in [7, 11) is 0. The number of hydrogen-bond donors (Lipinski definition) is 2. The lowest BCUT2D eigenvalue weighted by Crippen LogP contribution is -2.17. The molecule has 0 rings (SSSR count). The van der Waals surface area contributed by atoms with Gasteiger partial charge in [-0.2, -0.15) is 0 Å². The second-order valence-corrected chi connectivity index (χ2v) is 1.07. The molecule has 0 spiro atoms. The van der Waals surface area contributed by atoms with Crippen molar-refractivity contribution in [1.82, 2.24) is 0 Å². The number of rotatable bonds is 2. The molecule has 0 fully saturated rings. The normalized spacial score (nSPS) is 6.17. The molecule has 0 bridgehead atoms. The molecule has 0 aromatic heterocycles. The van der Waals surface area contributed by atoms with E-state index >= 15 is 0 Å². The number of carboxylic acids is 1. The summed E-state index contributed by atoms with van der Waals surface area (Å²) in [5, 5.41) is 32.6. The lowest BCUT2D eigenvalue weighted by atomic mass is 10.7. The summed E-state index contributed by atoms with van der Waals surface area (Å²) >= 11 is 0. The zero-order chi connectivity index (χ0) is 10.4. The molecule has 0 saturated carbocycles. The van der Waals surface area contributed by atoms with Crippen molar-refractivity contribution in [2.24, 2.45) is 0 Å². The van der Waals surface area contributed by atoms with Crippen LogP contribution in [0.15, 0.2) is 12.7 Å². The number of aliphatic carboxylic acids is 1. The quantitative estimate of drug-likeness (QED) is 0.331. The van der Waals surface area contributed by atoms with Crippen molar-refractivity contribution in [3.05, 3.63) is 12.7 Å². The summed E-state index contributed by atoms with van der Waals surface area (Å²) in [6, 6.07) is 0. The second-order valence-electron chi connectivity index (χ2n) is 1.07. The molecule has 0 aliphatic carbocycles. The number of aliphatic hydroxyl groups excluding tert-OH is 2. The first kappa shape index (κ1) is 16.9. The van der Waals surface area contributed by atoms with Crippen molar-refractivity contribution >= 4 is 12.4 Å². The zero-order valence-electron chi connectivity index (χ0n) is 6.30. The highest BCUT2D eigenvalue weighted by Gasteiger charge is 1.58. The molecule has 6 heteroatoms. The molecule has 0 unspecified atom stereocenters. The number of carbonyl (C=O) groups is 2. The van der Waals surface area contributed by atoms with Gasteiger partial charge in [-0.15, -0.1) is 0 Å². The van der Waals surface area contributed by atoms with Gasteiger partial charge >= 0.3 is 0 Å². The molecule has 0 saturated heterocycles. The maximum Gasteiger partial charge on any atom is 0.0662 e. The van der Waals surface area contributed by atoms with E-state index < -0.39 is 12.4 Å². The number of aliphatic hydroxyl groups is 2. The smallest absolute Gasteiger partial charge is 0.0662 e. The highest BCUT2D eigenvalue weighted by atomic mass is 16.4. The standard InChI is InChI=1S/C3H4O2.C2H6O2.CH2O2/c1-2-3(4)5;3-1-2-4;2-1-3/h2H,1H2,(H,4,5);3-4H,1-2H2;1H,(H,2,3)/p-2. The average molecular weight is 178 g/mol. The predicted octanol–water partition coefficient (Wildman–Crippen LogP) is -3.74. The van der Waals surface area contributed by atoms with Gasteiger partial charge in [0.05, 0.1) is 19.2 Å². The van der Waals surface area contributed by atoms with Gasteiger partial charge in [0.25, 0.3) is 0 Å². The summed E-state index contributed by atoms with van der Waals surface area (Å²) in [5.74, 6) is -1.23. The maximum absolute atomic E-state index is 9.14. The van der Waals surface area contributed by atoms with Gasteiger partial charge in [-0.3, -0.25) is 0 Å². The molecule has 6 nitrogen and oxygen atoms in total. The van der Waals surface area contributed by atoms with Gasteiger partial charge in [-0.25, -0.2) is 0 Å². The first-order chi connectivity index (χ1) is 5.60. The van der Waals surface area contributed by atoms with Crippen LogP contribution >= 0.6 is 0 Å². The van der Waals surface area contributed by atoms with Crippen molar-refractivity contribution in [3.8, 4) is 0 Å². The molecular weight excluding hydrogens is 168 g/mol. The molecular formula is C6H10O6-2. The first-order valence-corrected chi connectivity index (χ1v) is 2.71. The second kappa shape index (κ2) is 22.6. The van der Waals surface area contributed by atoms with Crippen molar-refractivity contribution in [1.29, 1.82) is 0 Å². The van der Waals surface area contributed by atoms with Crippen LogP contribution in [0.3, 0.4) is 0 Å². The Balaban J connectivity index is -0.000000105. The number of hydrogen-bond acceptors (Lipinski definition) is 6.